The lowest BCUT2D eigenvalue weighted by atomic mass is 10.2. The van der Waals surface area contributed by atoms with Crippen molar-refractivity contribution in [2.75, 3.05) is 10.0 Å². The first-order chi connectivity index (χ1) is 13.8. The van der Waals surface area contributed by atoms with Gasteiger partial charge in [-0.1, -0.05) is 17.7 Å². The Balaban J connectivity index is 1.62. The number of benzene rings is 2. The monoisotopic (exact) mass is 411 g/mol. The Morgan fingerprint density at radius 2 is 1.69 bits per heavy atom. The normalized spacial score (nSPS) is 12.1. The molecule has 0 saturated carbocycles. The van der Waals surface area contributed by atoms with Crippen molar-refractivity contribution in [2.45, 2.75) is 24.8 Å². The third kappa shape index (κ3) is 5.55. The maximum atomic E-state index is 12.4. The molecule has 8 heteroatoms. The Kier molecular flexibility index (Phi) is 6.13. The number of aryl methyl sites for hydroxylation is 1. The van der Waals surface area contributed by atoms with E-state index in [1.807, 2.05) is 19.1 Å². The van der Waals surface area contributed by atoms with Crippen molar-refractivity contribution in [1.82, 2.24) is 4.98 Å². The summed E-state index contributed by atoms with van der Waals surface area (Å²) in [5.41, 5.74) is 1.93. The molecule has 0 saturated heterocycles. The number of amides is 1. The summed E-state index contributed by atoms with van der Waals surface area (Å²) in [6, 6.07) is 16.5. The number of aromatic nitrogens is 1. The number of hydrogen-bond donors (Lipinski definition) is 2. The summed E-state index contributed by atoms with van der Waals surface area (Å²) in [5, 5.41) is 2.71. The van der Waals surface area contributed by atoms with Gasteiger partial charge in [0.1, 0.15) is 5.75 Å². The minimum absolute atomic E-state index is 0.0725. The van der Waals surface area contributed by atoms with Crippen LogP contribution in [0.4, 0.5) is 11.4 Å². The van der Waals surface area contributed by atoms with Crippen LogP contribution in [0.25, 0.3) is 0 Å². The highest BCUT2D eigenvalue weighted by molar-refractivity contribution is 7.92. The number of sulfonamides is 1. The molecule has 2 N–H and O–H groups in total. The minimum Gasteiger partial charge on any atom is -0.481 e. The van der Waals surface area contributed by atoms with E-state index in [0.29, 0.717) is 17.1 Å². The lowest BCUT2D eigenvalue weighted by molar-refractivity contribution is -0.122. The van der Waals surface area contributed by atoms with E-state index in [4.69, 9.17) is 4.74 Å². The molecule has 0 radical (unpaired) electrons. The zero-order chi connectivity index (χ0) is 20.9. The third-order valence-corrected chi connectivity index (χ3v) is 5.45. The van der Waals surface area contributed by atoms with Crippen molar-refractivity contribution >= 4 is 27.3 Å². The van der Waals surface area contributed by atoms with Crippen molar-refractivity contribution in [3.63, 3.8) is 0 Å². The van der Waals surface area contributed by atoms with Gasteiger partial charge < -0.3 is 10.1 Å². The first-order valence-electron chi connectivity index (χ1n) is 8.90. The number of anilines is 2. The van der Waals surface area contributed by atoms with Crippen molar-refractivity contribution in [3.05, 3.63) is 78.6 Å². The standard InChI is InChI=1S/C21H21N3O4S/c1-15-5-9-19(10-6-15)28-16(2)21(25)23-17-7-11-20(12-8-17)29(26,27)24-18-4-3-13-22-14-18/h3-14,16,24H,1-2H3,(H,23,25). The largest absolute Gasteiger partial charge is 0.481 e. The maximum Gasteiger partial charge on any atom is 0.265 e. The fourth-order valence-corrected chi connectivity index (χ4v) is 3.52. The van der Waals surface area contributed by atoms with Crippen molar-refractivity contribution in [1.29, 1.82) is 0 Å². The fourth-order valence-electron chi connectivity index (χ4n) is 2.47. The quantitative estimate of drug-likeness (QED) is 0.619. The smallest absolute Gasteiger partial charge is 0.265 e. The van der Waals surface area contributed by atoms with Gasteiger partial charge in [0.15, 0.2) is 6.10 Å². The van der Waals surface area contributed by atoms with Crippen LogP contribution in [0, 0.1) is 6.92 Å². The zero-order valence-corrected chi connectivity index (χ0v) is 16.8. The molecule has 3 rings (SSSR count). The highest BCUT2D eigenvalue weighted by atomic mass is 32.2. The Labute approximate surface area is 169 Å². The van der Waals surface area contributed by atoms with Gasteiger partial charge in [0.05, 0.1) is 16.8 Å². The second kappa shape index (κ2) is 8.74. The average molecular weight is 411 g/mol. The first-order valence-corrected chi connectivity index (χ1v) is 10.4. The van der Waals surface area contributed by atoms with E-state index in [1.165, 1.54) is 30.5 Å². The highest BCUT2D eigenvalue weighted by Gasteiger charge is 2.17. The lowest BCUT2D eigenvalue weighted by Crippen LogP contribution is -2.30. The molecule has 150 valence electrons. The predicted molar refractivity (Wildman–Crippen MR) is 111 cm³/mol. The number of carbonyl (C=O) groups excluding carboxylic acids is 1. The van der Waals surface area contributed by atoms with E-state index in [0.717, 1.165) is 5.56 Å². The van der Waals surface area contributed by atoms with Crippen LogP contribution in [0.5, 0.6) is 5.75 Å². The molecule has 0 aliphatic rings. The molecule has 0 spiro atoms. The van der Waals surface area contributed by atoms with Gasteiger partial charge >= 0.3 is 0 Å². The minimum atomic E-state index is -3.75. The number of carbonyl (C=O) groups is 1. The number of pyridine rings is 1. The van der Waals surface area contributed by atoms with Gasteiger partial charge in [0.25, 0.3) is 15.9 Å². The molecule has 0 fully saturated rings. The van der Waals surface area contributed by atoms with E-state index in [-0.39, 0.29) is 10.8 Å². The zero-order valence-electron chi connectivity index (χ0n) is 16.0. The molecule has 2 aromatic carbocycles. The maximum absolute atomic E-state index is 12.4. The molecular formula is C21H21N3O4S. The summed E-state index contributed by atoms with van der Waals surface area (Å²) >= 11 is 0. The predicted octanol–water partition coefficient (Wildman–Crippen LogP) is 3.60. The van der Waals surface area contributed by atoms with Crippen LogP contribution in [0.1, 0.15) is 12.5 Å². The van der Waals surface area contributed by atoms with Crippen LogP contribution in [0.3, 0.4) is 0 Å². The van der Waals surface area contributed by atoms with E-state index < -0.39 is 16.1 Å². The Hall–Kier alpha value is -3.39. The number of rotatable bonds is 7. The molecule has 1 atom stereocenters. The van der Waals surface area contributed by atoms with Crippen LogP contribution < -0.4 is 14.8 Å². The van der Waals surface area contributed by atoms with Crippen molar-refractivity contribution in [3.8, 4) is 5.75 Å². The van der Waals surface area contributed by atoms with Crippen molar-refractivity contribution in [2.24, 2.45) is 0 Å². The molecule has 1 heterocycles. The van der Waals surface area contributed by atoms with Gasteiger partial charge in [-0.3, -0.25) is 14.5 Å². The molecule has 1 amide bonds. The van der Waals surface area contributed by atoms with Gasteiger partial charge in [-0.2, -0.15) is 0 Å². The van der Waals surface area contributed by atoms with E-state index >= 15 is 0 Å². The van der Waals surface area contributed by atoms with E-state index in [9.17, 15) is 13.2 Å². The van der Waals surface area contributed by atoms with E-state index in [2.05, 4.69) is 15.0 Å². The third-order valence-electron chi connectivity index (χ3n) is 4.05. The van der Waals surface area contributed by atoms with Gasteiger partial charge in [-0.25, -0.2) is 8.42 Å². The number of ether oxygens (including phenoxy) is 1. The molecule has 3 aromatic rings. The van der Waals surface area contributed by atoms with Gasteiger partial charge in [0, 0.05) is 11.9 Å². The molecule has 0 bridgehead atoms. The molecule has 1 aromatic heterocycles. The Morgan fingerprint density at radius 1 is 1.00 bits per heavy atom. The highest BCUT2D eigenvalue weighted by Crippen LogP contribution is 2.18. The van der Waals surface area contributed by atoms with Crippen molar-refractivity contribution < 1.29 is 17.9 Å². The van der Waals surface area contributed by atoms with Crippen LogP contribution >= 0.6 is 0 Å². The summed E-state index contributed by atoms with van der Waals surface area (Å²) < 4.78 is 32.9. The summed E-state index contributed by atoms with van der Waals surface area (Å²) in [6.45, 7) is 3.61. The van der Waals surface area contributed by atoms with Crippen LogP contribution in [-0.2, 0) is 14.8 Å². The fraction of sp³-hybridized carbons (Fsp3) is 0.143. The average Bonchev–Trinajstić information content (AvgIpc) is 2.70. The summed E-state index contributed by atoms with van der Waals surface area (Å²) in [7, 11) is -3.75. The first kappa shape index (κ1) is 20.3. The SMILES string of the molecule is Cc1ccc(OC(C)C(=O)Nc2ccc(S(=O)(=O)Nc3cccnc3)cc2)cc1. The molecule has 7 nitrogen and oxygen atoms in total. The topological polar surface area (TPSA) is 97.4 Å². The molecule has 1 unspecified atom stereocenters. The summed E-state index contributed by atoms with van der Waals surface area (Å²) in [4.78, 5) is 16.3. The summed E-state index contributed by atoms with van der Waals surface area (Å²) in [5.74, 6) is 0.260. The molecular weight excluding hydrogens is 390 g/mol. The van der Waals surface area contributed by atoms with Crippen LogP contribution in [0.2, 0.25) is 0 Å². The lowest BCUT2D eigenvalue weighted by Gasteiger charge is -2.15. The van der Waals surface area contributed by atoms with E-state index in [1.54, 1.807) is 37.4 Å². The Morgan fingerprint density at radius 3 is 2.31 bits per heavy atom. The van der Waals surface area contributed by atoms with Gasteiger partial charge in [-0.05, 0) is 62.4 Å². The molecule has 29 heavy (non-hydrogen) atoms. The number of nitrogens with one attached hydrogen (secondary N) is 2. The van der Waals surface area contributed by atoms with Gasteiger partial charge in [0.2, 0.25) is 0 Å². The molecule has 0 aliphatic carbocycles. The van der Waals surface area contributed by atoms with Gasteiger partial charge in [-0.15, -0.1) is 0 Å². The molecule has 0 aliphatic heterocycles. The van der Waals surface area contributed by atoms with Crippen LogP contribution in [-0.4, -0.2) is 25.4 Å². The second-order valence-electron chi connectivity index (χ2n) is 6.43. The summed E-state index contributed by atoms with van der Waals surface area (Å²) in [6.07, 6.45) is 2.26. The second-order valence-corrected chi connectivity index (χ2v) is 8.12. The number of nitrogens with zero attached hydrogens (tertiary/aromatic N) is 1. The number of hydrogen-bond acceptors (Lipinski definition) is 5. The van der Waals surface area contributed by atoms with Crippen LogP contribution in [0.15, 0.2) is 78.0 Å². The Bertz CT molecular complexity index is 1070.